The molecule has 184 valence electrons. The Labute approximate surface area is 208 Å². The van der Waals surface area contributed by atoms with Gasteiger partial charge in [0.05, 0.1) is 12.8 Å². The minimum absolute atomic E-state index is 0.0265. The van der Waals surface area contributed by atoms with E-state index >= 15 is 0 Å². The van der Waals surface area contributed by atoms with E-state index in [1.54, 1.807) is 27.8 Å². The minimum Gasteiger partial charge on any atom is -0.363 e. The van der Waals surface area contributed by atoms with Crippen LogP contribution in [0.2, 0.25) is 0 Å². The molecule has 1 atom stereocenters. The summed E-state index contributed by atoms with van der Waals surface area (Å²) in [5.74, 6) is 0.595. The third-order valence-corrected chi connectivity index (χ3v) is 7.65. The van der Waals surface area contributed by atoms with Crippen molar-refractivity contribution in [2.24, 2.45) is 0 Å². The lowest BCUT2D eigenvalue weighted by molar-refractivity contribution is -0.128. The first-order chi connectivity index (χ1) is 15.8. The zero-order valence-electron chi connectivity index (χ0n) is 19.4. The molecule has 0 aromatic carbocycles. The number of hydrazine groups is 1. The molecule has 1 saturated heterocycles. The van der Waals surface area contributed by atoms with Crippen LogP contribution in [-0.2, 0) is 19.1 Å². The summed E-state index contributed by atoms with van der Waals surface area (Å²) in [6.07, 6.45) is 4.31. The van der Waals surface area contributed by atoms with Gasteiger partial charge in [0.25, 0.3) is 0 Å². The molecule has 2 N–H and O–H groups in total. The van der Waals surface area contributed by atoms with Crippen molar-refractivity contribution in [2.45, 2.75) is 57.1 Å². The van der Waals surface area contributed by atoms with Gasteiger partial charge in [0.15, 0.2) is 0 Å². The molecule has 1 aliphatic heterocycles. The molecule has 0 unspecified atom stereocenters. The Morgan fingerprint density at radius 1 is 1.39 bits per heavy atom. The highest BCUT2D eigenvalue weighted by Crippen LogP contribution is 2.29. The van der Waals surface area contributed by atoms with E-state index in [0.29, 0.717) is 31.8 Å². The van der Waals surface area contributed by atoms with Crippen LogP contribution in [0.15, 0.2) is 23.4 Å². The fourth-order valence-electron chi connectivity index (χ4n) is 2.69. The first-order valence-electron chi connectivity index (χ1n) is 10.9. The molecule has 2 rings (SSSR count). The van der Waals surface area contributed by atoms with Crippen LogP contribution in [0.4, 0.5) is 0 Å². The summed E-state index contributed by atoms with van der Waals surface area (Å²) in [6.45, 7) is 5.18. The Balaban J connectivity index is 1.53. The normalized spacial score (nSPS) is 15.4. The second kappa shape index (κ2) is 15.6. The lowest BCUT2D eigenvalue weighted by Crippen LogP contribution is -2.38. The number of aromatic nitrogens is 1. The quantitative estimate of drug-likeness (QED) is 0.176. The van der Waals surface area contributed by atoms with Crippen LogP contribution in [0.5, 0.6) is 0 Å². The van der Waals surface area contributed by atoms with Crippen molar-refractivity contribution in [3.63, 3.8) is 0 Å². The molecule has 9 nitrogen and oxygen atoms in total. The molecule has 0 spiro atoms. The van der Waals surface area contributed by atoms with E-state index in [2.05, 4.69) is 15.7 Å². The van der Waals surface area contributed by atoms with Gasteiger partial charge in [-0.15, -0.1) is 0 Å². The molecule has 1 aromatic rings. The van der Waals surface area contributed by atoms with Crippen molar-refractivity contribution >= 4 is 50.5 Å². The molecular formula is C21H33N5O4S3. The fourth-order valence-corrected chi connectivity index (χ4v) is 5.50. The lowest BCUT2D eigenvalue weighted by Gasteiger charge is -2.22. The van der Waals surface area contributed by atoms with Crippen LogP contribution in [0.25, 0.3) is 0 Å². The van der Waals surface area contributed by atoms with Crippen molar-refractivity contribution in [2.75, 3.05) is 32.7 Å². The zero-order chi connectivity index (χ0) is 24.1. The average Bonchev–Trinajstić information content (AvgIpc) is 2.98. The van der Waals surface area contributed by atoms with Gasteiger partial charge >= 0.3 is 0 Å². The van der Waals surface area contributed by atoms with Gasteiger partial charge in [-0.05, 0) is 62.2 Å². The number of hydrogen-bond donors (Lipinski definition) is 2. The van der Waals surface area contributed by atoms with E-state index in [9.17, 15) is 14.4 Å². The number of hydrogen-bond acceptors (Lipinski definition) is 10. The van der Waals surface area contributed by atoms with E-state index in [0.717, 1.165) is 35.4 Å². The number of nitrogens with zero attached hydrogens (tertiary/aromatic N) is 3. The number of aryl methyl sites for hydroxylation is 1. The topological polar surface area (TPSA) is 104 Å². The summed E-state index contributed by atoms with van der Waals surface area (Å²) in [6, 6.07) is 3.97. The number of rotatable bonds is 13. The molecule has 33 heavy (non-hydrogen) atoms. The molecule has 0 saturated carbocycles. The third-order valence-electron chi connectivity index (χ3n) is 4.52. The molecule has 12 heteroatoms. The second-order valence-electron chi connectivity index (χ2n) is 7.77. The maximum absolute atomic E-state index is 12.2. The zero-order valence-corrected chi connectivity index (χ0v) is 21.8. The van der Waals surface area contributed by atoms with E-state index in [1.807, 2.05) is 37.9 Å². The Morgan fingerprint density at radius 2 is 2.21 bits per heavy atom. The average molecular weight is 516 g/mol. The Bertz CT molecular complexity index is 786. The van der Waals surface area contributed by atoms with Gasteiger partial charge in [0.1, 0.15) is 11.8 Å². The van der Waals surface area contributed by atoms with Crippen molar-refractivity contribution < 1.29 is 19.1 Å². The maximum atomic E-state index is 12.2. The molecule has 2 heterocycles. The maximum Gasteiger partial charge on any atom is 0.247 e. The number of carbonyl (C=O) groups excluding carboxylic acids is 3. The molecule has 1 aliphatic rings. The van der Waals surface area contributed by atoms with Gasteiger partial charge in [0, 0.05) is 49.7 Å². The largest absolute Gasteiger partial charge is 0.363 e. The predicted octanol–water partition coefficient (Wildman–Crippen LogP) is 2.97. The molecule has 0 aliphatic carbocycles. The fraction of sp³-hybridized carbons (Fsp3) is 0.619. The van der Waals surface area contributed by atoms with Gasteiger partial charge in [-0.25, -0.2) is 14.8 Å². The van der Waals surface area contributed by atoms with Gasteiger partial charge < -0.3 is 10.1 Å². The van der Waals surface area contributed by atoms with Crippen LogP contribution < -0.4 is 10.7 Å². The first-order valence-corrected chi connectivity index (χ1v) is 14.0. The van der Waals surface area contributed by atoms with Crippen LogP contribution in [0.3, 0.4) is 0 Å². The van der Waals surface area contributed by atoms with E-state index in [-0.39, 0.29) is 36.2 Å². The summed E-state index contributed by atoms with van der Waals surface area (Å²) < 4.78 is 7.05. The van der Waals surface area contributed by atoms with Crippen molar-refractivity contribution in [3.8, 4) is 0 Å². The Kier molecular flexibility index (Phi) is 13.2. The Morgan fingerprint density at radius 3 is 3.00 bits per heavy atom. The third kappa shape index (κ3) is 12.1. The van der Waals surface area contributed by atoms with Crippen LogP contribution in [0.1, 0.15) is 44.6 Å². The molecule has 2 amide bonds. The van der Waals surface area contributed by atoms with Crippen molar-refractivity contribution in [1.29, 1.82) is 0 Å². The van der Waals surface area contributed by atoms with Gasteiger partial charge in [-0.2, -0.15) is 0 Å². The SMILES string of the molecule is Cc1ccnc(SSCCC(=O)NCN(C)CO[C@H](C)CC(=O)SN2NCCCCC2=O)c1. The highest BCUT2D eigenvalue weighted by molar-refractivity contribution is 8.76. The van der Waals surface area contributed by atoms with Crippen molar-refractivity contribution in [3.05, 3.63) is 23.9 Å². The summed E-state index contributed by atoms with van der Waals surface area (Å²) in [5.41, 5.74) is 4.14. The number of amides is 2. The lowest BCUT2D eigenvalue weighted by atomic mass is 10.2. The number of ether oxygens (including phenoxy) is 1. The molecule has 0 radical (unpaired) electrons. The van der Waals surface area contributed by atoms with Gasteiger partial charge in [-0.3, -0.25) is 19.3 Å². The number of carbonyl (C=O) groups is 3. The van der Waals surface area contributed by atoms with Crippen LogP contribution in [-0.4, -0.2) is 70.1 Å². The molecule has 1 aromatic heterocycles. The second-order valence-corrected chi connectivity index (χ2v) is 11.2. The smallest absolute Gasteiger partial charge is 0.247 e. The first kappa shape index (κ1) is 27.9. The van der Waals surface area contributed by atoms with Crippen molar-refractivity contribution in [1.82, 2.24) is 25.0 Å². The summed E-state index contributed by atoms with van der Waals surface area (Å²) in [5, 5.41) is 3.68. The summed E-state index contributed by atoms with van der Waals surface area (Å²) >= 11 is 0.903. The highest BCUT2D eigenvalue weighted by atomic mass is 33.1. The standard InChI is InChI=1S/C21H33N5O4S3/c1-16-7-10-22-19(12-16)33-31-11-8-18(27)23-14-25(3)15-30-17(2)13-21(29)32-26-20(28)6-4-5-9-24-26/h7,10,12,17,24H,4-6,8-9,11,13-15H2,1-3H3,(H,23,27)/t17-/m1/s1. The van der Waals surface area contributed by atoms with Gasteiger partial charge in [0.2, 0.25) is 16.9 Å². The Hall–Kier alpha value is -1.31. The highest BCUT2D eigenvalue weighted by Gasteiger charge is 2.21. The molecule has 1 fully saturated rings. The van der Waals surface area contributed by atoms with E-state index in [1.165, 1.54) is 4.41 Å². The number of nitrogens with one attached hydrogen (secondary N) is 2. The summed E-state index contributed by atoms with van der Waals surface area (Å²) in [4.78, 5) is 42.3. The van der Waals surface area contributed by atoms with Crippen LogP contribution in [0, 0.1) is 6.92 Å². The molecular weight excluding hydrogens is 482 g/mol. The predicted molar refractivity (Wildman–Crippen MR) is 134 cm³/mol. The monoisotopic (exact) mass is 515 g/mol. The van der Waals surface area contributed by atoms with Crippen LogP contribution >= 0.6 is 33.5 Å². The molecule has 0 bridgehead atoms. The number of pyridine rings is 1. The minimum atomic E-state index is -0.297. The summed E-state index contributed by atoms with van der Waals surface area (Å²) in [7, 11) is 5.00. The van der Waals surface area contributed by atoms with E-state index in [4.69, 9.17) is 4.74 Å². The van der Waals surface area contributed by atoms with E-state index < -0.39 is 0 Å². The van der Waals surface area contributed by atoms with Gasteiger partial charge in [-0.1, -0.05) is 10.8 Å².